The molecule has 0 aliphatic heterocycles. The van der Waals surface area contributed by atoms with Gasteiger partial charge in [-0.25, -0.2) is 0 Å². The largest absolute Gasteiger partial charge is 0.453 e. The van der Waals surface area contributed by atoms with Crippen molar-refractivity contribution in [2.45, 2.75) is 12.4 Å². The molecule has 2 heterocycles. The van der Waals surface area contributed by atoms with Crippen molar-refractivity contribution in [1.82, 2.24) is 19.8 Å². The van der Waals surface area contributed by atoms with E-state index < -0.39 is 23.7 Å². The number of rotatable bonds is 2. The molecule has 24 heavy (non-hydrogen) atoms. The molecule has 0 atom stereocenters. The van der Waals surface area contributed by atoms with Gasteiger partial charge in [-0.15, -0.1) is 15.3 Å². The molecule has 3 rings (SSSR count). The van der Waals surface area contributed by atoms with Crippen molar-refractivity contribution in [3.8, 4) is 11.6 Å². The third-order valence-electron chi connectivity index (χ3n) is 2.90. The summed E-state index contributed by atoms with van der Waals surface area (Å²) in [5, 5.41) is 9.92. The van der Waals surface area contributed by atoms with Crippen LogP contribution in [0.15, 0.2) is 36.4 Å². The van der Waals surface area contributed by atoms with Crippen LogP contribution in [0.25, 0.3) is 5.65 Å². The van der Waals surface area contributed by atoms with Crippen molar-refractivity contribution >= 4 is 5.65 Å². The molecule has 5 nitrogen and oxygen atoms in total. The molecule has 0 unspecified atom stereocenters. The lowest BCUT2D eigenvalue weighted by Gasteiger charge is -2.09. The minimum absolute atomic E-state index is 0.0171. The van der Waals surface area contributed by atoms with Gasteiger partial charge in [-0.05, 0) is 30.3 Å². The number of benzene rings is 1. The van der Waals surface area contributed by atoms with E-state index >= 15 is 0 Å². The monoisotopic (exact) mass is 348 g/mol. The fraction of sp³-hybridized carbons (Fsp3) is 0.154. The zero-order chi connectivity index (χ0) is 17.5. The molecule has 0 spiro atoms. The first-order valence-electron chi connectivity index (χ1n) is 6.29. The second kappa shape index (κ2) is 5.35. The zero-order valence-corrected chi connectivity index (χ0v) is 11.4. The normalized spacial score (nSPS) is 12.6. The average molecular weight is 348 g/mol. The first kappa shape index (κ1) is 16.0. The summed E-state index contributed by atoms with van der Waals surface area (Å²) in [6.07, 6.45) is -9.26. The summed E-state index contributed by atoms with van der Waals surface area (Å²) in [5.74, 6) is -1.61. The van der Waals surface area contributed by atoms with E-state index in [9.17, 15) is 26.3 Å². The van der Waals surface area contributed by atoms with Gasteiger partial charge >= 0.3 is 12.4 Å². The van der Waals surface area contributed by atoms with Crippen LogP contribution in [0, 0.1) is 0 Å². The number of ether oxygens (including phenoxy) is 1. The quantitative estimate of drug-likeness (QED) is 0.658. The van der Waals surface area contributed by atoms with Crippen molar-refractivity contribution < 1.29 is 31.1 Å². The molecule has 0 radical (unpaired) electrons. The Bertz CT molecular complexity index is 869. The SMILES string of the molecule is FC(F)(F)c1ccc(Oc2ccc3nnc(C(F)(F)F)n3n2)cc1. The Balaban J connectivity index is 1.90. The molecule has 3 aromatic rings. The zero-order valence-electron chi connectivity index (χ0n) is 11.4. The molecule has 0 aliphatic rings. The van der Waals surface area contributed by atoms with Crippen LogP contribution in [0.1, 0.15) is 11.4 Å². The van der Waals surface area contributed by atoms with Crippen LogP contribution in [0.5, 0.6) is 11.6 Å². The van der Waals surface area contributed by atoms with E-state index in [4.69, 9.17) is 4.74 Å². The Labute approximate surface area is 129 Å². The fourth-order valence-corrected chi connectivity index (χ4v) is 1.84. The predicted molar refractivity (Wildman–Crippen MR) is 67.3 cm³/mol. The van der Waals surface area contributed by atoms with E-state index in [2.05, 4.69) is 15.3 Å². The van der Waals surface area contributed by atoms with Gasteiger partial charge in [-0.1, -0.05) is 0 Å². The number of hydrogen-bond donors (Lipinski definition) is 0. The molecule has 0 aliphatic carbocycles. The highest BCUT2D eigenvalue weighted by Crippen LogP contribution is 2.31. The third-order valence-corrected chi connectivity index (χ3v) is 2.90. The van der Waals surface area contributed by atoms with Crippen LogP contribution < -0.4 is 4.74 Å². The number of aromatic nitrogens is 4. The molecular weight excluding hydrogens is 342 g/mol. The van der Waals surface area contributed by atoms with Crippen LogP contribution in [-0.2, 0) is 12.4 Å². The maximum Gasteiger partial charge on any atom is 0.453 e. The Kier molecular flexibility index (Phi) is 3.57. The standard InChI is InChI=1S/C13H6F6N4O/c14-12(15,16)7-1-3-8(4-2-7)24-10-6-5-9-20-21-11(13(17,18)19)23(9)22-10/h1-6H. The van der Waals surface area contributed by atoms with Gasteiger partial charge in [0.15, 0.2) is 5.65 Å². The second-order valence-electron chi connectivity index (χ2n) is 4.59. The van der Waals surface area contributed by atoms with Crippen LogP contribution in [0.3, 0.4) is 0 Å². The van der Waals surface area contributed by atoms with Gasteiger partial charge in [0.05, 0.1) is 5.56 Å². The Hall–Kier alpha value is -2.85. The van der Waals surface area contributed by atoms with Crippen molar-refractivity contribution in [1.29, 1.82) is 0 Å². The van der Waals surface area contributed by atoms with Crippen molar-refractivity contribution in [3.05, 3.63) is 47.8 Å². The molecule has 0 N–H and O–H groups in total. The predicted octanol–water partition coefficient (Wildman–Crippen LogP) is 3.95. The lowest BCUT2D eigenvalue weighted by Crippen LogP contribution is -2.12. The summed E-state index contributed by atoms with van der Waals surface area (Å²) in [4.78, 5) is 0. The molecule has 0 saturated heterocycles. The van der Waals surface area contributed by atoms with E-state index in [-0.39, 0.29) is 17.3 Å². The van der Waals surface area contributed by atoms with E-state index in [1.165, 1.54) is 12.1 Å². The molecule has 126 valence electrons. The number of hydrogen-bond acceptors (Lipinski definition) is 4. The first-order chi connectivity index (χ1) is 11.1. The van der Waals surface area contributed by atoms with Gasteiger partial charge in [-0.3, -0.25) is 0 Å². The third kappa shape index (κ3) is 3.09. The highest BCUT2D eigenvalue weighted by molar-refractivity contribution is 5.39. The van der Waals surface area contributed by atoms with Gasteiger partial charge in [0, 0.05) is 6.07 Å². The van der Waals surface area contributed by atoms with Crippen molar-refractivity contribution in [3.63, 3.8) is 0 Å². The van der Waals surface area contributed by atoms with Crippen LogP contribution >= 0.6 is 0 Å². The van der Waals surface area contributed by atoms with E-state index in [1.54, 1.807) is 0 Å². The molecule has 0 amide bonds. The van der Waals surface area contributed by atoms with Gasteiger partial charge in [-0.2, -0.15) is 30.9 Å². The van der Waals surface area contributed by atoms with Gasteiger partial charge in [0.2, 0.25) is 5.88 Å². The van der Waals surface area contributed by atoms with E-state index in [0.717, 1.165) is 24.3 Å². The minimum atomic E-state index is -4.76. The van der Waals surface area contributed by atoms with Crippen molar-refractivity contribution in [2.75, 3.05) is 0 Å². The Morgan fingerprint density at radius 2 is 1.46 bits per heavy atom. The summed E-state index contributed by atoms with van der Waals surface area (Å²) >= 11 is 0. The van der Waals surface area contributed by atoms with Crippen LogP contribution in [0.4, 0.5) is 26.3 Å². The maximum atomic E-state index is 12.8. The van der Waals surface area contributed by atoms with Gasteiger partial charge in [0.1, 0.15) is 5.75 Å². The molecular formula is C13H6F6N4O. The smallest absolute Gasteiger partial charge is 0.438 e. The summed E-state index contributed by atoms with van der Waals surface area (Å²) in [6.45, 7) is 0. The molecule has 0 bridgehead atoms. The first-order valence-corrected chi connectivity index (χ1v) is 6.29. The molecule has 0 fully saturated rings. The van der Waals surface area contributed by atoms with Crippen LogP contribution in [-0.4, -0.2) is 19.8 Å². The summed E-state index contributed by atoms with van der Waals surface area (Å²) in [5.41, 5.74) is -1.03. The van der Waals surface area contributed by atoms with Crippen molar-refractivity contribution in [2.24, 2.45) is 0 Å². The van der Waals surface area contributed by atoms with E-state index in [1.807, 2.05) is 0 Å². The van der Waals surface area contributed by atoms with Crippen LogP contribution in [0.2, 0.25) is 0 Å². The fourth-order valence-electron chi connectivity index (χ4n) is 1.84. The molecule has 2 aromatic heterocycles. The molecule has 11 heteroatoms. The molecule has 1 aromatic carbocycles. The summed E-state index contributed by atoms with van der Waals surface area (Å²) < 4.78 is 81.3. The van der Waals surface area contributed by atoms with Gasteiger partial charge in [0.25, 0.3) is 5.82 Å². The van der Waals surface area contributed by atoms with Gasteiger partial charge < -0.3 is 4.74 Å². The lowest BCUT2D eigenvalue weighted by atomic mass is 10.2. The Morgan fingerprint density at radius 3 is 2.04 bits per heavy atom. The highest BCUT2D eigenvalue weighted by Gasteiger charge is 2.37. The molecule has 0 saturated carbocycles. The minimum Gasteiger partial charge on any atom is -0.438 e. The lowest BCUT2D eigenvalue weighted by molar-refractivity contribution is -0.146. The number of fused-ring (bicyclic) bond motifs is 1. The second-order valence-corrected chi connectivity index (χ2v) is 4.59. The number of halogens is 6. The topological polar surface area (TPSA) is 52.3 Å². The number of alkyl halides is 6. The maximum absolute atomic E-state index is 12.8. The summed E-state index contributed by atoms with van der Waals surface area (Å²) in [6, 6.07) is 6.05. The highest BCUT2D eigenvalue weighted by atomic mass is 19.4. The van der Waals surface area contributed by atoms with E-state index in [0.29, 0.717) is 4.52 Å². The summed E-state index contributed by atoms with van der Waals surface area (Å²) in [7, 11) is 0. The number of nitrogens with zero attached hydrogens (tertiary/aromatic N) is 4. The average Bonchev–Trinajstić information content (AvgIpc) is 2.90. The Morgan fingerprint density at radius 1 is 0.792 bits per heavy atom.